The van der Waals surface area contributed by atoms with Gasteiger partial charge in [-0.05, 0) is 49.2 Å². The van der Waals surface area contributed by atoms with Crippen LogP contribution < -0.4 is 5.32 Å². The lowest BCUT2D eigenvalue weighted by molar-refractivity contribution is -0.121. The van der Waals surface area contributed by atoms with Crippen molar-refractivity contribution >= 4 is 5.91 Å². The predicted octanol–water partition coefficient (Wildman–Crippen LogP) is 3.12. The van der Waals surface area contributed by atoms with Crippen LogP contribution in [0.5, 0.6) is 0 Å². The van der Waals surface area contributed by atoms with Crippen LogP contribution in [0.3, 0.4) is 0 Å². The first kappa shape index (κ1) is 15.8. The average molecular weight is 312 g/mol. The van der Waals surface area contributed by atoms with Crippen molar-refractivity contribution in [1.29, 1.82) is 0 Å². The van der Waals surface area contributed by atoms with Gasteiger partial charge in [-0.1, -0.05) is 24.3 Å². The van der Waals surface area contributed by atoms with Gasteiger partial charge in [-0.2, -0.15) is 0 Å². The molecule has 23 heavy (non-hydrogen) atoms. The summed E-state index contributed by atoms with van der Waals surface area (Å²) >= 11 is 0. The van der Waals surface area contributed by atoms with E-state index >= 15 is 0 Å². The summed E-state index contributed by atoms with van der Waals surface area (Å²) in [5.41, 5.74) is 2.49. The smallest absolute Gasteiger partial charge is 0.220 e. The molecule has 2 aromatic rings. The summed E-state index contributed by atoms with van der Waals surface area (Å²) in [6, 6.07) is 12.3. The fourth-order valence-electron chi connectivity index (χ4n) is 2.94. The predicted molar refractivity (Wildman–Crippen MR) is 89.8 cm³/mol. The molecule has 1 N–H and O–H groups in total. The number of carbonyl (C=O) groups is 1. The molecule has 0 bridgehead atoms. The molecule has 1 aromatic heterocycles. The van der Waals surface area contributed by atoms with E-state index in [2.05, 4.69) is 34.5 Å². The van der Waals surface area contributed by atoms with E-state index in [0.717, 1.165) is 17.9 Å². The van der Waals surface area contributed by atoms with Gasteiger partial charge in [-0.25, -0.2) is 0 Å². The minimum atomic E-state index is 0.0579. The van der Waals surface area contributed by atoms with Gasteiger partial charge >= 0.3 is 0 Å². The zero-order valence-corrected chi connectivity index (χ0v) is 13.5. The molecular weight excluding hydrogens is 288 g/mol. The molecule has 1 amide bonds. The molecule has 0 saturated carbocycles. The second-order valence-electron chi connectivity index (χ2n) is 6.16. The summed E-state index contributed by atoms with van der Waals surface area (Å²) in [6.45, 7) is 4.05. The van der Waals surface area contributed by atoms with Gasteiger partial charge in [-0.15, -0.1) is 0 Å². The van der Waals surface area contributed by atoms with Gasteiger partial charge in [0, 0.05) is 25.9 Å². The lowest BCUT2D eigenvalue weighted by Gasteiger charge is -2.14. The molecule has 1 aliphatic rings. The van der Waals surface area contributed by atoms with Crippen molar-refractivity contribution in [3.63, 3.8) is 0 Å². The molecule has 0 radical (unpaired) electrons. The van der Waals surface area contributed by atoms with Crippen molar-refractivity contribution in [3.05, 3.63) is 59.5 Å². The SMILES string of the molecule is O=C(CCc1ccco1)NCc1ccc(CN2CCCC2)cc1. The first-order chi connectivity index (χ1) is 11.3. The number of benzene rings is 1. The number of amides is 1. The van der Waals surface area contributed by atoms with Crippen LogP contribution in [-0.2, 0) is 24.3 Å². The standard InChI is InChI=1S/C19H24N2O2/c22-19(10-9-18-4-3-13-23-18)20-14-16-5-7-17(8-6-16)15-21-11-1-2-12-21/h3-8,13H,1-2,9-12,14-15H2,(H,20,22). The lowest BCUT2D eigenvalue weighted by atomic mass is 10.1. The molecule has 1 aromatic carbocycles. The highest BCUT2D eigenvalue weighted by Crippen LogP contribution is 2.13. The summed E-state index contributed by atoms with van der Waals surface area (Å²) in [7, 11) is 0. The Morgan fingerprint density at radius 1 is 1.09 bits per heavy atom. The fraction of sp³-hybridized carbons (Fsp3) is 0.421. The van der Waals surface area contributed by atoms with Gasteiger partial charge in [0.05, 0.1) is 6.26 Å². The summed E-state index contributed by atoms with van der Waals surface area (Å²) in [6.07, 6.45) is 5.38. The quantitative estimate of drug-likeness (QED) is 0.854. The molecule has 0 atom stereocenters. The second kappa shape index (κ2) is 7.97. The van der Waals surface area contributed by atoms with Gasteiger partial charge in [0.1, 0.15) is 5.76 Å². The first-order valence-electron chi connectivity index (χ1n) is 8.39. The van der Waals surface area contributed by atoms with E-state index < -0.39 is 0 Å². The van der Waals surface area contributed by atoms with Crippen molar-refractivity contribution in [3.8, 4) is 0 Å². The number of hydrogen-bond donors (Lipinski definition) is 1. The van der Waals surface area contributed by atoms with E-state index in [4.69, 9.17) is 4.42 Å². The number of nitrogens with one attached hydrogen (secondary N) is 1. The van der Waals surface area contributed by atoms with E-state index in [9.17, 15) is 4.79 Å². The van der Waals surface area contributed by atoms with Crippen LogP contribution in [0.1, 0.15) is 36.1 Å². The number of rotatable bonds is 7. The Hall–Kier alpha value is -2.07. The molecule has 3 rings (SSSR count). The van der Waals surface area contributed by atoms with Crippen molar-refractivity contribution in [1.82, 2.24) is 10.2 Å². The minimum Gasteiger partial charge on any atom is -0.469 e. The lowest BCUT2D eigenvalue weighted by Crippen LogP contribution is -2.23. The van der Waals surface area contributed by atoms with Crippen LogP contribution in [-0.4, -0.2) is 23.9 Å². The molecule has 1 saturated heterocycles. The number of aryl methyl sites for hydroxylation is 1. The van der Waals surface area contributed by atoms with E-state index in [1.165, 1.54) is 31.5 Å². The summed E-state index contributed by atoms with van der Waals surface area (Å²) < 4.78 is 5.23. The topological polar surface area (TPSA) is 45.5 Å². The molecule has 1 aliphatic heterocycles. The van der Waals surface area contributed by atoms with Crippen LogP contribution >= 0.6 is 0 Å². The molecular formula is C19H24N2O2. The van der Waals surface area contributed by atoms with E-state index in [1.54, 1.807) is 6.26 Å². The van der Waals surface area contributed by atoms with E-state index in [0.29, 0.717) is 19.4 Å². The van der Waals surface area contributed by atoms with Crippen LogP contribution in [0, 0.1) is 0 Å². The Kier molecular flexibility index (Phi) is 5.48. The third kappa shape index (κ3) is 4.96. The third-order valence-corrected chi connectivity index (χ3v) is 4.30. The molecule has 4 nitrogen and oxygen atoms in total. The van der Waals surface area contributed by atoms with Crippen LogP contribution in [0.15, 0.2) is 47.1 Å². The van der Waals surface area contributed by atoms with Crippen molar-refractivity contribution < 1.29 is 9.21 Å². The zero-order chi connectivity index (χ0) is 15.9. The van der Waals surface area contributed by atoms with Crippen molar-refractivity contribution in [2.24, 2.45) is 0 Å². The highest BCUT2D eigenvalue weighted by molar-refractivity contribution is 5.76. The third-order valence-electron chi connectivity index (χ3n) is 4.30. The average Bonchev–Trinajstić information content (AvgIpc) is 3.26. The minimum absolute atomic E-state index is 0.0579. The maximum atomic E-state index is 11.8. The fourth-order valence-corrected chi connectivity index (χ4v) is 2.94. The van der Waals surface area contributed by atoms with Crippen LogP contribution in [0.4, 0.5) is 0 Å². The Morgan fingerprint density at radius 2 is 1.83 bits per heavy atom. The van der Waals surface area contributed by atoms with Gasteiger partial charge in [0.2, 0.25) is 5.91 Å². The number of hydrogen-bond acceptors (Lipinski definition) is 3. The maximum Gasteiger partial charge on any atom is 0.220 e. The molecule has 1 fully saturated rings. The highest BCUT2D eigenvalue weighted by Gasteiger charge is 2.11. The Morgan fingerprint density at radius 3 is 2.52 bits per heavy atom. The second-order valence-corrected chi connectivity index (χ2v) is 6.16. The number of nitrogens with zero attached hydrogens (tertiary/aromatic N) is 1. The molecule has 0 spiro atoms. The number of furan rings is 1. The van der Waals surface area contributed by atoms with E-state index in [1.807, 2.05) is 12.1 Å². The molecule has 0 unspecified atom stereocenters. The summed E-state index contributed by atoms with van der Waals surface area (Å²) in [5.74, 6) is 0.911. The van der Waals surface area contributed by atoms with Gasteiger partial charge < -0.3 is 9.73 Å². The molecule has 122 valence electrons. The van der Waals surface area contributed by atoms with Gasteiger partial charge in [0.15, 0.2) is 0 Å². The first-order valence-corrected chi connectivity index (χ1v) is 8.39. The van der Waals surface area contributed by atoms with Crippen molar-refractivity contribution in [2.45, 2.75) is 38.8 Å². The van der Waals surface area contributed by atoms with E-state index in [-0.39, 0.29) is 5.91 Å². The van der Waals surface area contributed by atoms with Crippen LogP contribution in [0.25, 0.3) is 0 Å². The summed E-state index contributed by atoms with van der Waals surface area (Å²) in [5, 5.41) is 2.96. The largest absolute Gasteiger partial charge is 0.469 e. The summed E-state index contributed by atoms with van der Waals surface area (Å²) in [4.78, 5) is 14.3. The Balaban J connectivity index is 1.40. The number of likely N-dealkylation sites (tertiary alicyclic amines) is 1. The number of carbonyl (C=O) groups excluding carboxylic acids is 1. The monoisotopic (exact) mass is 312 g/mol. The Labute approximate surface area is 137 Å². The van der Waals surface area contributed by atoms with Crippen LogP contribution in [0.2, 0.25) is 0 Å². The molecule has 0 aliphatic carbocycles. The van der Waals surface area contributed by atoms with Gasteiger partial charge in [0.25, 0.3) is 0 Å². The highest BCUT2D eigenvalue weighted by atomic mass is 16.3. The molecule has 4 heteroatoms. The van der Waals surface area contributed by atoms with Crippen molar-refractivity contribution in [2.75, 3.05) is 13.1 Å². The normalized spacial score (nSPS) is 15.0. The Bertz CT molecular complexity index is 599. The maximum absolute atomic E-state index is 11.8. The zero-order valence-electron chi connectivity index (χ0n) is 13.5. The molecule has 2 heterocycles. The van der Waals surface area contributed by atoms with Gasteiger partial charge in [-0.3, -0.25) is 9.69 Å².